The minimum absolute atomic E-state index is 0.157. The van der Waals surface area contributed by atoms with Crippen molar-refractivity contribution in [3.05, 3.63) is 22.3 Å². The maximum atomic E-state index is 5.73. The summed E-state index contributed by atoms with van der Waals surface area (Å²) in [6.45, 7) is 4.85. The van der Waals surface area contributed by atoms with Gasteiger partial charge in [-0.25, -0.2) is 4.98 Å². The molecule has 0 aliphatic heterocycles. The first kappa shape index (κ1) is 11.5. The van der Waals surface area contributed by atoms with Crippen LogP contribution in [0.1, 0.15) is 12.5 Å². The summed E-state index contributed by atoms with van der Waals surface area (Å²) in [5.41, 5.74) is 6.89. The molecular formula is C10H16BrN3. The molecule has 1 aromatic rings. The normalized spacial score (nSPS) is 12.6. The molecule has 0 saturated carbocycles. The molecule has 1 rings (SSSR count). The van der Waals surface area contributed by atoms with Crippen LogP contribution in [0.3, 0.4) is 0 Å². The Labute approximate surface area is 93.4 Å². The number of likely N-dealkylation sites (N-methyl/N-ethyl adjacent to an activating group) is 1. The summed E-state index contributed by atoms with van der Waals surface area (Å²) in [6.07, 6.45) is 1.81. The molecule has 0 amide bonds. The Kier molecular flexibility index (Phi) is 3.89. The fourth-order valence-corrected chi connectivity index (χ4v) is 1.90. The highest BCUT2D eigenvalue weighted by molar-refractivity contribution is 9.10. The smallest absolute Gasteiger partial charge is 0.131 e. The van der Waals surface area contributed by atoms with E-state index in [1.165, 1.54) is 0 Å². The van der Waals surface area contributed by atoms with Gasteiger partial charge in [-0.2, -0.15) is 0 Å². The quantitative estimate of drug-likeness (QED) is 0.900. The lowest BCUT2D eigenvalue weighted by molar-refractivity contribution is 0.710. The van der Waals surface area contributed by atoms with E-state index in [1.807, 2.05) is 20.9 Å². The summed E-state index contributed by atoms with van der Waals surface area (Å²) in [4.78, 5) is 6.43. The van der Waals surface area contributed by atoms with Crippen molar-refractivity contribution in [3.63, 3.8) is 0 Å². The van der Waals surface area contributed by atoms with Gasteiger partial charge >= 0.3 is 0 Å². The second kappa shape index (κ2) is 4.75. The van der Waals surface area contributed by atoms with Gasteiger partial charge < -0.3 is 10.6 Å². The van der Waals surface area contributed by atoms with Crippen molar-refractivity contribution in [1.82, 2.24) is 4.98 Å². The van der Waals surface area contributed by atoms with Gasteiger partial charge in [0.15, 0.2) is 0 Å². The fraction of sp³-hybridized carbons (Fsp3) is 0.500. The maximum Gasteiger partial charge on any atom is 0.131 e. The third-order valence-electron chi connectivity index (χ3n) is 1.94. The number of aromatic nitrogens is 1. The Hall–Kier alpha value is -0.610. The molecule has 0 aromatic carbocycles. The molecule has 0 aliphatic carbocycles. The highest BCUT2D eigenvalue weighted by Crippen LogP contribution is 2.19. The number of aryl methyl sites for hydroxylation is 1. The lowest BCUT2D eigenvalue weighted by atomic mass is 10.2. The van der Waals surface area contributed by atoms with Gasteiger partial charge in [0.25, 0.3) is 0 Å². The molecule has 14 heavy (non-hydrogen) atoms. The number of hydrogen-bond donors (Lipinski definition) is 1. The number of anilines is 1. The predicted octanol–water partition coefficient (Wildman–Crippen LogP) is 1.94. The minimum Gasteiger partial charge on any atom is -0.358 e. The second-order valence-electron chi connectivity index (χ2n) is 3.65. The SMILES string of the molecule is Cc1cc(Br)cnc1N(C)CC(C)N. The van der Waals surface area contributed by atoms with Crippen molar-refractivity contribution in [2.24, 2.45) is 5.73 Å². The number of hydrogen-bond acceptors (Lipinski definition) is 3. The number of pyridine rings is 1. The van der Waals surface area contributed by atoms with Crippen LogP contribution in [0.15, 0.2) is 16.7 Å². The lowest BCUT2D eigenvalue weighted by Gasteiger charge is -2.21. The standard InChI is InChI=1S/C10H16BrN3/c1-7-4-9(11)5-13-10(7)14(3)6-8(2)12/h4-5,8H,6,12H2,1-3H3. The molecule has 0 aliphatic rings. The summed E-state index contributed by atoms with van der Waals surface area (Å²) in [7, 11) is 2.01. The van der Waals surface area contributed by atoms with Crippen LogP contribution in [0.2, 0.25) is 0 Å². The van der Waals surface area contributed by atoms with E-state index in [0.29, 0.717) is 0 Å². The molecular weight excluding hydrogens is 242 g/mol. The largest absolute Gasteiger partial charge is 0.358 e. The van der Waals surface area contributed by atoms with E-state index < -0.39 is 0 Å². The maximum absolute atomic E-state index is 5.73. The van der Waals surface area contributed by atoms with Crippen molar-refractivity contribution < 1.29 is 0 Å². The molecule has 0 spiro atoms. The molecule has 0 bridgehead atoms. The van der Waals surface area contributed by atoms with Crippen molar-refractivity contribution >= 4 is 21.7 Å². The first-order valence-electron chi connectivity index (χ1n) is 4.59. The monoisotopic (exact) mass is 257 g/mol. The van der Waals surface area contributed by atoms with Gasteiger partial charge in [0.05, 0.1) is 0 Å². The van der Waals surface area contributed by atoms with Crippen LogP contribution in [0.4, 0.5) is 5.82 Å². The zero-order valence-corrected chi connectivity index (χ0v) is 10.4. The van der Waals surface area contributed by atoms with Crippen LogP contribution in [-0.2, 0) is 0 Å². The van der Waals surface area contributed by atoms with Crippen molar-refractivity contribution in [2.75, 3.05) is 18.5 Å². The van der Waals surface area contributed by atoms with Gasteiger partial charge in [-0.05, 0) is 41.4 Å². The Bertz CT molecular complexity index is 312. The Morgan fingerprint density at radius 1 is 1.64 bits per heavy atom. The average molecular weight is 258 g/mol. The summed E-state index contributed by atoms with van der Waals surface area (Å²) >= 11 is 3.39. The molecule has 3 nitrogen and oxygen atoms in total. The Balaban J connectivity index is 2.84. The lowest BCUT2D eigenvalue weighted by Crippen LogP contribution is -2.33. The third kappa shape index (κ3) is 2.96. The van der Waals surface area contributed by atoms with Crippen LogP contribution >= 0.6 is 15.9 Å². The van der Waals surface area contributed by atoms with Crippen molar-refractivity contribution in [3.8, 4) is 0 Å². The van der Waals surface area contributed by atoms with Crippen molar-refractivity contribution in [1.29, 1.82) is 0 Å². The van der Waals surface area contributed by atoms with E-state index in [1.54, 1.807) is 6.20 Å². The second-order valence-corrected chi connectivity index (χ2v) is 4.57. The summed E-state index contributed by atoms with van der Waals surface area (Å²) in [5, 5.41) is 0. The first-order valence-corrected chi connectivity index (χ1v) is 5.39. The Morgan fingerprint density at radius 3 is 2.79 bits per heavy atom. The zero-order chi connectivity index (χ0) is 10.7. The van der Waals surface area contributed by atoms with E-state index in [9.17, 15) is 0 Å². The molecule has 0 saturated heterocycles. The van der Waals surface area contributed by atoms with Gasteiger partial charge in [0.2, 0.25) is 0 Å². The van der Waals surface area contributed by atoms with Crippen LogP contribution in [0.5, 0.6) is 0 Å². The van der Waals surface area contributed by atoms with E-state index in [4.69, 9.17) is 5.73 Å². The predicted molar refractivity (Wildman–Crippen MR) is 63.6 cm³/mol. The van der Waals surface area contributed by atoms with Gasteiger partial charge in [-0.15, -0.1) is 0 Å². The summed E-state index contributed by atoms with van der Waals surface area (Å²) < 4.78 is 1.01. The zero-order valence-electron chi connectivity index (χ0n) is 8.79. The van der Waals surface area contributed by atoms with Crippen LogP contribution < -0.4 is 10.6 Å². The van der Waals surface area contributed by atoms with Gasteiger partial charge in [-0.3, -0.25) is 0 Å². The highest BCUT2D eigenvalue weighted by atomic mass is 79.9. The first-order chi connectivity index (χ1) is 6.50. The molecule has 2 N–H and O–H groups in total. The number of rotatable bonds is 3. The molecule has 0 fully saturated rings. The topological polar surface area (TPSA) is 42.2 Å². The number of nitrogens with two attached hydrogens (primary N) is 1. The number of halogens is 1. The molecule has 78 valence electrons. The Morgan fingerprint density at radius 2 is 2.29 bits per heavy atom. The summed E-state index contributed by atoms with van der Waals surface area (Å²) in [5.74, 6) is 0.991. The van der Waals surface area contributed by atoms with Gasteiger partial charge in [0.1, 0.15) is 5.82 Å². The van der Waals surface area contributed by atoms with E-state index in [2.05, 4.69) is 31.9 Å². The van der Waals surface area contributed by atoms with Gasteiger partial charge in [-0.1, -0.05) is 0 Å². The molecule has 1 heterocycles. The molecule has 4 heteroatoms. The fourth-order valence-electron chi connectivity index (χ4n) is 1.45. The van der Waals surface area contributed by atoms with Crippen LogP contribution in [-0.4, -0.2) is 24.6 Å². The van der Waals surface area contributed by atoms with E-state index in [-0.39, 0.29) is 6.04 Å². The van der Waals surface area contributed by atoms with E-state index in [0.717, 1.165) is 22.4 Å². The highest BCUT2D eigenvalue weighted by Gasteiger charge is 2.07. The minimum atomic E-state index is 0.157. The van der Waals surface area contributed by atoms with Crippen LogP contribution in [0, 0.1) is 6.92 Å². The third-order valence-corrected chi connectivity index (χ3v) is 2.37. The average Bonchev–Trinajstić information content (AvgIpc) is 2.01. The van der Waals surface area contributed by atoms with Crippen molar-refractivity contribution in [2.45, 2.75) is 19.9 Å². The molecule has 1 unspecified atom stereocenters. The van der Waals surface area contributed by atoms with E-state index >= 15 is 0 Å². The number of nitrogens with zero attached hydrogens (tertiary/aromatic N) is 2. The van der Waals surface area contributed by atoms with Gasteiger partial charge in [0, 0.05) is 30.3 Å². The molecule has 1 atom stereocenters. The summed E-state index contributed by atoms with van der Waals surface area (Å²) in [6, 6.07) is 2.21. The van der Waals surface area contributed by atoms with Crippen LogP contribution in [0.25, 0.3) is 0 Å². The molecule has 1 aromatic heterocycles. The molecule has 0 radical (unpaired) electrons.